The number of aromatic nitrogens is 2. The highest BCUT2D eigenvalue weighted by Crippen LogP contribution is 2.04. The van der Waals surface area contributed by atoms with Crippen LogP contribution in [0.15, 0.2) is 18.5 Å². The topological polar surface area (TPSA) is 61.9 Å². The second-order valence-corrected chi connectivity index (χ2v) is 2.31. The van der Waals surface area contributed by atoms with Gasteiger partial charge < -0.3 is 0 Å². The Kier molecular flexibility index (Phi) is 1.76. The Morgan fingerprint density at radius 2 is 2.18 bits per heavy atom. The standard InChI is InChI=1S/C6H9N5/c1-2-7-6(8-3-1)5-4-9-11-10-5/h1-3,5,9-11H,4H2. The molecule has 1 aromatic heterocycles. The van der Waals surface area contributed by atoms with Gasteiger partial charge in [-0.2, -0.15) is 5.53 Å². The van der Waals surface area contributed by atoms with Crippen LogP contribution in [0.3, 0.4) is 0 Å². The molecule has 0 aromatic carbocycles. The number of nitrogens with zero attached hydrogens (tertiary/aromatic N) is 2. The lowest BCUT2D eigenvalue weighted by Crippen LogP contribution is -2.31. The molecule has 2 heterocycles. The summed E-state index contributed by atoms with van der Waals surface area (Å²) in [6, 6.07) is 1.98. The third-order valence-corrected chi connectivity index (χ3v) is 1.54. The van der Waals surface area contributed by atoms with Crippen molar-refractivity contribution in [2.75, 3.05) is 6.54 Å². The molecule has 1 aromatic rings. The van der Waals surface area contributed by atoms with E-state index in [1.807, 2.05) is 0 Å². The summed E-state index contributed by atoms with van der Waals surface area (Å²) in [4.78, 5) is 8.21. The third-order valence-electron chi connectivity index (χ3n) is 1.54. The van der Waals surface area contributed by atoms with E-state index in [2.05, 4.69) is 26.4 Å². The molecule has 3 N–H and O–H groups in total. The monoisotopic (exact) mass is 151 g/mol. The van der Waals surface area contributed by atoms with Gasteiger partial charge in [-0.05, 0) is 6.07 Å². The van der Waals surface area contributed by atoms with Crippen LogP contribution in [0.2, 0.25) is 0 Å². The Balaban J connectivity index is 2.16. The zero-order chi connectivity index (χ0) is 7.52. The van der Waals surface area contributed by atoms with E-state index in [-0.39, 0.29) is 6.04 Å². The highest BCUT2D eigenvalue weighted by atomic mass is 15.6. The summed E-state index contributed by atoms with van der Waals surface area (Å²) in [5.41, 5.74) is 8.71. The summed E-state index contributed by atoms with van der Waals surface area (Å²) in [5, 5.41) is 0. The molecule has 1 atom stereocenters. The summed E-state index contributed by atoms with van der Waals surface area (Å²) in [5.74, 6) is 0.810. The Hall–Kier alpha value is -1.04. The first kappa shape index (κ1) is 6.66. The minimum absolute atomic E-state index is 0.177. The van der Waals surface area contributed by atoms with Crippen LogP contribution >= 0.6 is 0 Å². The van der Waals surface area contributed by atoms with Crippen molar-refractivity contribution in [3.8, 4) is 0 Å². The fourth-order valence-electron chi connectivity index (χ4n) is 0.989. The molecule has 0 saturated carbocycles. The van der Waals surface area contributed by atoms with E-state index < -0.39 is 0 Å². The smallest absolute Gasteiger partial charge is 0.147 e. The van der Waals surface area contributed by atoms with Crippen molar-refractivity contribution in [1.29, 1.82) is 0 Å². The van der Waals surface area contributed by atoms with Crippen LogP contribution in [0.25, 0.3) is 0 Å². The molecule has 11 heavy (non-hydrogen) atoms. The SMILES string of the molecule is c1cnc(C2CNNN2)nc1. The fourth-order valence-corrected chi connectivity index (χ4v) is 0.989. The van der Waals surface area contributed by atoms with Crippen molar-refractivity contribution in [1.82, 2.24) is 26.4 Å². The molecule has 0 amide bonds. The molecular weight excluding hydrogens is 142 g/mol. The summed E-state index contributed by atoms with van der Waals surface area (Å²) in [6.07, 6.45) is 3.48. The molecule has 1 aliphatic heterocycles. The molecule has 0 radical (unpaired) electrons. The minimum Gasteiger partial charge on any atom is -0.242 e. The summed E-state index contributed by atoms with van der Waals surface area (Å²) in [7, 11) is 0. The Morgan fingerprint density at radius 3 is 2.82 bits per heavy atom. The van der Waals surface area contributed by atoms with Gasteiger partial charge in [0.15, 0.2) is 0 Å². The predicted octanol–water partition coefficient (Wildman–Crippen LogP) is -0.870. The molecule has 0 bridgehead atoms. The lowest BCUT2D eigenvalue weighted by atomic mass is 10.3. The quantitative estimate of drug-likeness (QED) is 0.487. The molecule has 0 aliphatic carbocycles. The van der Waals surface area contributed by atoms with Crippen molar-refractivity contribution in [2.24, 2.45) is 0 Å². The number of nitrogens with one attached hydrogen (secondary N) is 3. The molecule has 1 unspecified atom stereocenters. The van der Waals surface area contributed by atoms with Gasteiger partial charge in [0.05, 0.1) is 6.04 Å². The zero-order valence-electron chi connectivity index (χ0n) is 5.91. The van der Waals surface area contributed by atoms with Crippen LogP contribution in [-0.2, 0) is 0 Å². The summed E-state index contributed by atoms with van der Waals surface area (Å²) >= 11 is 0. The van der Waals surface area contributed by atoms with Gasteiger partial charge in [0, 0.05) is 18.9 Å². The summed E-state index contributed by atoms with van der Waals surface area (Å²) < 4.78 is 0. The van der Waals surface area contributed by atoms with Crippen LogP contribution in [-0.4, -0.2) is 16.5 Å². The van der Waals surface area contributed by atoms with E-state index in [9.17, 15) is 0 Å². The first-order chi connectivity index (χ1) is 5.47. The van der Waals surface area contributed by atoms with Crippen LogP contribution in [0.4, 0.5) is 0 Å². The fraction of sp³-hybridized carbons (Fsp3) is 0.333. The molecular formula is C6H9N5. The molecule has 5 heteroatoms. The van der Waals surface area contributed by atoms with Crippen molar-refractivity contribution < 1.29 is 0 Å². The third kappa shape index (κ3) is 1.35. The van der Waals surface area contributed by atoms with Gasteiger partial charge in [-0.25, -0.2) is 20.8 Å². The second kappa shape index (κ2) is 2.91. The largest absolute Gasteiger partial charge is 0.242 e. The Labute approximate surface area is 64.2 Å². The van der Waals surface area contributed by atoms with Gasteiger partial charge in [0.1, 0.15) is 5.82 Å². The van der Waals surface area contributed by atoms with Crippen molar-refractivity contribution in [2.45, 2.75) is 6.04 Å². The Morgan fingerprint density at radius 1 is 1.36 bits per heavy atom. The van der Waals surface area contributed by atoms with Crippen LogP contribution in [0.1, 0.15) is 11.9 Å². The normalized spacial score (nSPS) is 23.8. The molecule has 1 saturated heterocycles. The van der Waals surface area contributed by atoms with Gasteiger partial charge >= 0.3 is 0 Å². The number of hydrazine groups is 2. The Bertz CT molecular complexity index is 218. The van der Waals surface area contributed by atoms with E-state index in [0.29, 0.717) is 0 Å². The zero-order valence-corrected chi connectivity index (χ0v) is 5.91. The lowest BCUT2D eigenvalue weighted by molar-refractivity contribution is 0.541. The minimum atomic E-state index is 0.177. The molecule has 5 nitrogen and oxygen atoms in total. The van der Waals surface area contributed by atoms with E-state index in [0.717, 1.165) is 12.4 Å². The first-order valence-corrected chi connectivity index (χ1v) is 3.47. The maximum absolute atomic E-state index is 4.11. The number of hydrogen-bond acceptors (Lipinski definition) is 5. The van der Waals surface area contributed by atoms with Crippen molar-refractivity contribution >= 4 is 0 Å². The maximum Gasteiger partial charge on any atom is 0.147 e. The van der Waals surface area contributed by atoms with Crippen molar-refractivity contribution in [3.63, 3.8) is 0 Å². The molecule has 2 rings (SSSR count). The van der Waals surface area contributed by atoms with Gasteiger partial charge in [0.25, 0.3) is 0 Å². The second-order valence-electron chi connectivity index (χ2n) is 2.31. The van der Waals surface area contributed by atoms with E-state index in [1.54, 1.807) is 18.5 Å². The highest BCUT2D eigenvalue weighted by Gasteiger charge is 2.16. The lowest BCUT2D eigenvalue weighted by Gasteiger charge is -2.03. The average Bonchev–Trinajstić information content (AvgIpc) is 2.58. The molecule has 58 valence electrons. The number of rotatable bonds is 1. The van der Waals surface area contributed by atoms with Crippen molar-refractivity contribution in [3.05, 3.63) is 24.3 Å². The predicted molar refractivity (Wildman–Crippen MR) is 39.0 cm³/mol. The van der Waals surface area contributed by atoms with Gasteiger partial charge in [0.2, 0.25) is 0 Å². The average molecular weight is 151 g/mol. The molecule has 1 aliphatic rings. The van der Waals surface area contributed by atoms with Crippen LogP contribution in [0, 0.1) is 0 Å². The highest BCUT2D eigenvalue weighted by molar-refractivity contribution is 4.97. The molecule has 1 fully saturated rings. The van der Waals surface area contributed by atoms with E-state index in [4.69, 9.17) is 0 Å². The molecule has 0 spiro atoms. The van der Waals surface area contributed by atoms with E-state index in [1.165, 1.54) is 0 Å². The van der Waals surface area contributed by atoms with E-state index >= 15 is 0 Å². The van der Waals surface area contributed by atoms with Crippen LogP contribution < -0.4 is 16.4 Å². The summed E-state index contributed by atoms with van der Waals surface area (Å²) in [6.45, 7) is 0.810. The maximum atomic E-state index is 4.11. The first-order valence-electron chi connectivity index (χ1n) is 3.47. The number of hydrogen-bond donors (Lipinski definition) is 3. The van der Waals surface area contributed by atoms with Gasteiger partial charge in [-0.15, -0.1) is 0 Å². The van der Waals surface area contributed by atoms with Gasteiger partial charge in [-0.3, -0.25) is 0 Å². The van der Waals surface area contributed by atoms with Crippen LogP contribution in [0.5, 0.6) is 0 Å². The van der Waals surface area contributed by atoms with Gasteiger partial charge in [-0.1, -0.05) is 0 Å².